The number of nitrogens with zero attached hydrogens (tertiary/aromatic N) is 6. The predicted molar refractivity (Wildman–Crippen MR) is 93.2 cm³/mol. The van der Waals surface area contributed by atoms with Crippen LogP contribution in [0.2, 0.25) is 0 Å². The summed E-state index contributed by atoms with van der Waals surface area (Å²) in [6, 6.07) is 6.10. The minimum atomic E-state index is 0.693. The van der Waals surface area contributed by atoms with Crippen molar-refractivity contribution in [3.63, 3.8) is 0 Å². The Hall–Kier alpha value is -1.92. The predicted octanol–water partition coefficient (Wildman–Crippen LogP) is 1.88. The van der Waals surface area contributed by atoms with Crippen molar-refractivity contribution < 1.29 is 0 Å². The zero-order valence-corrected chi connectivity index (χ0v) is 13.9. The summed E-state index contributed by atoms with van der Waals surface area (Å²) in [6.45, 7) is 5.01. The first-order chi connectivity index (χ1) is 11.3. The fraction of sp³-hybridized carbons (Fsp3) is 0.438. The van der Waals surface area contributed by atoms with Gasteiger partial charge in [-0.3, -0.25) is 9.88 Å². The molecule has 3 heterocycles. The molecule has 1 aliphatic heterocycles. The summed E-state index contributed by atoms with van der Waals surface area (Å²) < 4.78 is 0. The summed E-state index contributed by atoms with van der Waals surface area (Å²) in [6.07, 6.45) is 1.88. The van der Waals surface area contributed by atoms with Crippen molar-refractivity contribution in [2.45, 2.75) is 0 Å². The third-order valence-electron chi connectivity index (χ3n) is 4.45. The van der Waals surface area contributed by atoms with Crippen molar-refractivity contribution in [3.05, 3.63) is 24.4 Å². The van der Waals surface area contributed by atoms with Gasteiger partial charge in [-0.25, -0.2) is 0 Å². The van der Waals surface area contributed by atoms with Gasteiger partial charge in [-0.15, -0.1) is 11.6 Å². The Morgan fingerprint density at radius 2 is 1.83 bits per heavy atom. The van der Waals surface area contributed by atoms with Crippen molar-refractivity contribution in [3.8, 4) is 0 Å². The highest BCUT2D eigenvalue weighted by Crippen LogP contribution is 2.31. The lowest BCUT2D eigenvalue weighted by atomic mass is 10.1. The van der Waals surface area contributed by atoms with Crippen LogP contribution in [-0.4, -0.2) is 63.5 Å². The average molecular weight is 331 g/mol. The third-order valence-corrected chi connectivity index (χ3v) is 4.62. The number of anilines is 1. The van der Waals surface area contributed by atoms with Crippen molar-refractivity contribution >= 4 is 39.2 Å². The monoisotopic (exact) mass is 330 g/mol. The van der Waals surface area contributed by atoms with Gasteiger partial charge >= 0.3 is 0 Å². The number of rotatable bonds is 3. The number of aryl methyl sites for hydroxylation is 1. The molecule has 0 radical (unpaired) electrons. The van der Waals surface area contributed by atoms with Crippen LogP contribution in [0.1, 0.15) is 0 Å². The molecule has 0 saturated carbocycles. The van der Waals surface area contributed by atoms with E-state index in [1.807, 2.05) is 25.4 Å². The second kappa shape index (κ2) is 5.94. The van der Waals surface area contributed by atoms with Crippen LogP contribution in [-0.2, 0) is 7.05 Å². The molecule has 1 aliphatic rings. The SMILES string of the molecule is Cn1nc2ccc3nccc(N4CCN(CCCl)CC4)c3c2n1. The van der Waals surface area contributed by atoms with E-state index in [9.17, 15) is 0 Å². The zero-order valence-electron chi connectivity index (χ0n) is 13.1. The van der Waals surface area contributed by atoms with Crippen LogP contribution >= 0.6 is 11.6 Å². The minimum absolute atomic E-state index is 0.693. The Morgan fingerprint density at radius 3 is 2.61 bits per heavy atom. The van der Waals surface area contributed by atoms with E-state index >= 15 is 0 Å². The topological polar surface area (TPSA) is 50.1 Å². The van der Waals surface area contributed by atoms with Crippen LogP contribution in [0.25, 0.3) is 21.9 Å². The number of piperazine rings is 1. The van der Waals surface area contributed by atoms with Crippen LogP contribution < -0.4 is 4.90 Å². The van der Waals surface area contributed by atoms with Gasteiger partial charge in [0.25, 0.3) is 0 Å². The van der Waals surface area contributed by atoms with Gasteiger partial charge in [0.2, 0.25) is 0 Å². The summed E-state index contributed by atoms with van der Waals surface area (Å²) in [5, 5.41) is 10.1. The second-order valence-corrected chi connectivity index (χ2v) is 6.24. The van der Waals surface area contributed by atoms with Crippen LogP contribution in [0.5, 0.6) is 0 Å². The number of halogens is 1. The number of benzene rings is 1. The van der Waals surface area contributed by atoms with Crippen molar-refractivity contribution in [1.29, 1.82) is 0 Å². The van der Waals surface area contributed by atoms with Gasteiger partial charge in [0, 0.05) is 51.8 Å². The molecule has 0 aliphatic carbocycles. The Balaban J connectivity index is 1.76. The van der Waals surface area contributed by atoms with Crippen LogP contribution in [0.15, 0.2) is 24.4 Å². The first kappa shape index (κ1) is 14.7. The zero-order chi connectivity index (χ0) is 15.8. The van der Waals surface area contributed by atoms with Crippen LogP contribution in [0.4, 0.5) is 5.69 Å². The van der Waals surface area contributed by atoms with Gasteiger partial charge < -0.3 is 4.90 Å². The smallest absolute Gasteiger partial charge is 0.124 e. The molecule has 0 amide bonds. The molecule has 120 valence electrons. The summed E-state index contributed by atoms with van der Waals surface area (Å²) in [4.78, 5) is 11.0. The van der Waals surface area contributed by atoms with Crippen LogP contribution in [0, 0.1) is 0 Å². The number of alkyl halides is 1. The highest BCUT2D eigenvalue weighted by Gasteiger charge is 2.20. The van der Waals surface area contributed by atoms with Gasteiger partial charge in [-0.05, 0) is 18.2 Å². The maximum Gasteiger partial charge on any atom is 0.124 e. The highest BCUT2D eigenvalue weighted by atomic mass is 35.5. The Kier molecular flexibility index (Phi) is 3.79. The number of fused-ring (bicyclic) bond motifs is 3. The molecule has 0 unspecified atom stereocenters. The highest BCUT2D eigenvalue weighted by molar-refractivity contribution is 6.18. The molecule has 0 bridgehead atoms. The molecule has 1 fully saturated rings. The van der Waals surface area contributed by atoms with Gasteiger partial charge in [0.15, 0.2) is 0 Å². The second-order valence-electron chi connectivity index (χ2n) is 5.86. The van der Waals surface area contributed by atoms with E-state index in [-0.39, 0.29) is 0 Å². The summed E-state index contributed by atoms with van der Waals surface area (Å²) in [5.74, 6) is 0.693. The molecule has 23 heavy (non-hydrogen) atoms. The molecular weight excluding hydrogens is 312 g/mol. The summed E-state index contributed by atoms with van der Waals surface area (Å²) >= 11 is 5.85. The van der Waals surface area contributed by atoms with E-state index < -0.39 is 0 Å². The molecule has 7 heteroatoms. The maximum absolute atomic E-state index is 5.85. The number of pyridine rings is 1. The molecule has 3 aromatic rings. The molecule has 4 rings (SSSR count). The minimum Gasteiger partial charge on any atom is -0.368 e. The molecule has 0 atom stereocenters. The number of aromatic nitrogens is 4. The fourth-order valence-corrected chi connectivity index (χ4v) is 3.54. The standard InChI is InChI=1S/C16H19ClN6/c1-21-19-13-3-2-12-15(16(13)20-21)14(4-6-18-12)23-10-8-22(7-5-17)9-11-23/h2-4,6H,5,7-11H2,1H3. The van der Waals surface area contributed by atoms with Gasteiger partial charge in [0.1, 0.15) is 11.0 Å². The van der Waals surface area contributed by atoms with E-state index in [1.54, 1.807) is 4.80 Å². The Bertz CT molecular complexity index is 837. The van der Waals surface area contributed by atoms with E-state index in [1.165, 1.54) is 5.69 Å². The lowest BCUT2D eigenvalue weighted by Gasteiger charge is -2.36. The largest absolute Gasteiger partial charge is 0.368 e. The fourth-order valence-electron chi connectivity index (χ4n) is 3.30. The summed E-state index contributed by atoms with van der Waals surface area (Å²) in [5.41, 5.74) is 4.01. The van der Waals surface area contributed by atoms with Gasteiger partial charge in [-0.2, -0.15) is 15.0 Å². The van der Waals surface area contributed by atoms with E-state index in [0.29, 0.717) is 5.88 Å². The lowest BCUT2D eigenvalue weighted by molar-refractivity contribution is 0.273. The van der Waals surface area contributed by atoms with Crippen molar-refractivity contribution in [2.75, 3.05) is 43.5 Å². The van der Waals surface area contributed by atoms with E-state index in [4.69, 9.17) is 11.6 Å². The maximum atomic E-state index is 5.85. The molecule has 1 aromatic carbocycles. The first-order valence-electron chi connectivity index (χ1n) is 7.88. The molecule has 6 nitrogen and oxygen atoms in total. The Morgan fingerprint density at radius 1 is 1.04 bits per heavy atom. The van der Waals surface area contributed by atoms with Gasteiger partial charge in [0.05, 0.1) is 16.6 Å². The van der Waals surface area contributed by atoms with E-state index in [2.05, 4.69) is 31.0 Å². The quantitative estimate of drug-likeness (QED) is 0.686. The van der Waals surface area contributed by atoms with Crippen molar-refractivity contribution in [1.82, 2.24) is 24.9 Å². The van der Waals surface area contributed by atoms with Crippen molar-refractivity contribution in [2.24, 2.45) is 7.05 Å². The number of hydrogen-bond donors (Lipinski definition) is 0. The van der Waals surface area contributed by atoms with E-state index in [0.717, 1.165) is 54.7 Å². The summed E-state index contributed by atoms with van der Waals surface area (Å²) in [7, 11) is 1.85. The molecular formula is C16H19ClN6. The first-order valence-corrected chi connectivity index (χ1v) is 8.42. The van der Waals surface area contributed by atoms with Gasteiger partial charge in [-0.1, -0.05) is 0 Å². The molecule has 0 N–H and O–H groups in total. The average Bonchev–Trinajstić information content (AvgIpc) is 2.96. The third kappa shape index (κ3) is 2.62. The molecule has 0 spiro atoms. The lowest BCUT2D eigenvalue weighted by Crippen LogP contribution is -2.47. The molecule has 2 aromatic heterocycles. The number of hydrogen-bond acceptors (Lipinski definition) is 5. The van der Waals surface area contributed by atoms with Crippen LogP contribution in [0.3, 0.4) is 0 Å². The normalized spacial score (nSPS) is 16.5. The molecule has 1 saturated heterocycles. The Labute approximate surface area is 139 Å².